The minimum Gasteiger partial charge on any atom is -0.381 e. The summed E-state index contributed by atoms with van der Waals surface area (Å²) in [6, 6.07) is 7.90. The number of nitrogens with one attached hydrogen (secondary N) is 1. The fourth-order valence-corrected chi connectivity index (χ4v) is 2.99. The Bertz CT molecular complexity index is 516. The van der Waals surface area contributed by atoms with E-state index in [0.717, 1.165) is 69.8 Å². The molecule has 1 fully saturated rings. The van der Waals surface area contributed by atoms with Gasteiger partial charge < -0.3 is 19.7 Å². The smallest absolute Gasteiger partial charge is 0.193 e. The lowest BCUT2D eigenvalue weighted by molar-refractivity contribution is 0.0203. The van der Waals surface area contributed by atoms with E-state index in [-0.39, 0.29) is 0 Å². The summed E-state index contributed by atoms with van der Waals surface area (Å²) >= 11 is 5.93. The number of ether oxygens (including phenoxy) is 2. The first-order valence-corrected chi connectivity index (χ1v) is 9.38. The molecule has 1 heterocycles. The summed E-state index contributed by atoms with van der Waals surface area (Å²) in [6.07, 6.45) is 3.22. The van der Waals surface area contributed by atoms with Crippen molar-refractivity contribution >= 4 is 17.6 Å². The van der Waals surface area contributed by atoms with E-state index in [2.05, 4.69) is 15.2 Å². The Labute approximate surface area is 156 Å². The molecule has 0 aliphatic carbocycles. The van der Waals surface area contributed by atoms with E-state index in [1.165, 1.54) is 5.56 Å². The third-order valence-corrected chi connectivity index (χ3v) is 4.60. The number of hydrogen-bond acceptors (Lipinski definition) is 3. The zero-order chi connectivity index (χ0) is 17.9. The normalized spacial score (nSPS) is 16.0. The van der Waals surface area contributed by atoms with E-state index in [1.807, 2.05) is 38.4 Å². The van der Waals surface area contributed by atoms with Gasteiger partial charge in [-0.2, -0.15) is 0 Å². The van der Waals surface area contributed by atoms with E-state index in [0.29, 0.717) is 5.92 Å². The molecule has 140 valence electrons. The molecule has 6 heteroatoms. The van der Waals surface area contributed by atoms with Gasteiger partial charge >= 0.3 is 0 Å². The highest BCUT2D eigenvalue weighted by atomic mass is 35.5. The first-order chi connectivity index (χ1) is 12.2. The van der Waals surface area contributed by atoms with Gasteiger partial charge in [0.15, 0.2) is 5.96 Å². The summed E-state index contributed by atoms with van der Waals surface area (Å²) < 4.78 is 11.2. The van der Waals surface area contributed by atoms with Gasteiger partial charge in [-0.1, -0.05) is 23.7 Å². The van der Waals surface area contributed by atoms with Gasteiger partial charge in [-0.25, -0.2) is 0 Å². The number of rotatable bonds is 8. The zero-order valence-corrected chi connectivity index (χ0v) is 16.1. The van der Waals surface area contributed by atoms with Crippen molar-refractivity contribution in [3.63, 3.8) is 0 Å². The van der Waals surface area contributed by atoms with Crippen LogP contribution < -0.4 is 5.32 Å². The highest BCUT2D eigenvalue weighted by molar-refractivity contribution is 6.30. The third kappa shape index (κ3) is 7.63. The molecule has 1 N–H and O–H groups in total. The first-order valence-electron chi connectivity index (χ1n) is 9.00. The summed E-state index contributed by atoms with van der Waals surface area (Å²) in [6.45, 7) is 5.04. The standard InChI is InChI=1S/C19H30ClN3O2/c1-21-19(23(2)14-16-4-6-18(20)7-5-16)22-10-3-11-25-15-17-8-12-24-13-9-17/h4-7,17H,3,8-15H2,1-2H3,(H,21,22). The Hall–Kier alpha value is -1.30. The molecule has 0 radical (unpaired) electrons. The maximum atomic E-state index is 5.93. The molecule has 1 aliphatic heterocycles. The van der Waals surface area contributed by atoms with Crippen LogP contribution in [0.5, 0.6) is 0 Å². The summed E-state index contributed by atoms with van der Waals surface area (Å²) in [7, 11) is 3.84. The van der Waals surface area contributed by atoms with Crippen molar-refractivity contribution < 1.29 is 9.47 Å². The lowest BCUT2D eigenvalue weighted by Crippen LogP contribution is -2.39. The fraction of sp³-hybridized carbons (Fsp3) is 0.632. The topological polar surface area (TPSA) is 46.1 Å². The van der Waals surface area contributed by atoms with Gasteiger partial charge in [0.05, 0.1) is 0 Å². The number of guanidine groups is 1. The second-order valence-corrected chi connectivity index (χ2v) is 6.88. The largest absolute Gasteiger partial charge is 0.381 e. The van der Waals surface area contributed by atoms with Gasteiger partial charge in [0, 0.05) is 58.6 Å². The summed E-state index contributed by atoms with van der Waals surface area (Å²) in [5.74, 6) is 1.55. The lowest BCUT2D eigenvalue weighted by Gasteiger charge is -2.23. The van der Waals surface area contributed by atoms with Crippen LogP contribution in [0, 0.1) is 5.92 Å². The molecule has 0 spiro atoms. The van der Waals surface area contributed by atoms with E-state index < -0.39 is 0 Å². The molecule has 1 aliphatic rings. The van der Waals surface area contributed by atoms with Crippen molar-refractivity contribution in [3.05, 3.63) is 34.9 Å². The second kappa shape index (κ2) is 11.3. The van der Waals surface area contributed by atoms with Gasteiger partial charge in [-0.3, -0.25) is 4.99 Å². The maximum absolute atomic E-state index is 5.93. The predicted octanol–water partition coefficient (Wildman–Crippen LogP) is 3.18. The number of hydrogen-bond donors (Lipinski definition) is 1. The number of benzene rings is 1. The van der Waals surface area contributed by atoms with Crippen LogP contribution in [0.25, 0.3) is 0 Å². The van der Waals surface area contributed by atoms with E-state index in [4.69, 9.17) is 21.1 Å². The molecular weight excluding hydrogens is 338 g/mol. The SMILES string of the molecule is CN=C(NCCCOCC1CCOCC1)N(C)Cc1ccc(Cl)cc1. The van der Waals surface area contributed by atoms with Gasteiger partial charge in [0.2, 0.25) is 0 Å². The fourth-order valence-electron chi connectivity index (χ4n) is 2.86. The average molecular weight is 368 g/mol. The molecule has 0 aromatic heterocycles. The van der Waals surface area contributed by atoms with Crippen molar-refractivity contribution in [2.75, 3.05) is 47.1 Å². The molecular formula is C19H30ClN3O2. The van der Waals surface area contributed by atoms with E-state index >= 15 is 0 Å². The molecule has 25 heavy (non-hydrogen) atoms. The molecule has 0 unspecified atom stereocenters. The summed E-state index contributed by atoms with van der Waals surface area (Å²) in [4.78, 5) is 6.45. The molecule has 1 saturated heterocycles. The maximum Gasteiger partial charge on any atom is 0.193 e. The molecule has 0 saturated carbocycles. The highest BCUT2D eigenvalue weighted by Crippen LogP contribution is 2.14. The molecule has 0 atom stereocenters. The van der Waals surface area contributed by atoms with Crippen molar-refractivity contribution in [2.45, 2.75) is 25.8 Å². The van der Waals surface area contributed by atoms with Crippen molar-refractivity contribution in [1.29, 1.82) is 0 Å². The average Bonchev–Trinajstić information content (AvgIpc) is 2.64. The molecule has 2 rings (SSSR count). The van der Waals surface area contributed by atoms with E-state index in [1.54, 1.807) is 0 Å². The molecule has 5 nitrogen and oxygen atoms in total. The Kier molecular flexibility index (Phi) is 9.08. The van der Waals surface area contributed by atoms with Crippen LogP contribution in [-0.4, -0.2) is 57.9 Å². The monoisotopic (exact) mass is 367 g/mol. The Morgan fingerprint density at radius 1 is 1.32 bits per heavy atom. The summed E-state index contributed by atoms with van der Waals surface area (Å²) in [5.41, 5.74) is 1.20. The van der Waals surface area contributed by atoms with Crippen molar-refractivity contribution in [3.8, 4) is 0 Å². The Balaban J connectivity index is 1.60. The van der Waals surface area contributed by atoms with Crippen LogP contribution in [0.2, 0.25) is 5.02 Å². The lowest BCUT2D eigenvalue weighted by atomic mass is 10.0. The van der Waals surface area contributed by atoms with Crippen LogP contribution in [0.4, 0.5) is 0 Å². The zero-order valence-electron chi connectivity index (χ0n) is 15.3. The van der Waals surface area contributed by atoms with Gasteiger partial charge in [-0.15, -0.1) is 0 Å². The minimum atomic E-state index is 0.667. The van der Waals surface area contributed by atoms with Crippen LogP contribution >= 0.6 is 11.6 Å². The second-order valence-electron chi connectivity index (χ2n) is 6.44. The molecule has 0 bridgehead atoms. The molecule has 1 aromatic carbocycles. The Morgan fingerprint density at radius 2 is 2.04 bits per heavy atom. The van der Waals surface area contributed by atoms with Crippen molar-refractivity contribution in [1.82, 2.24) is 10.2 Å². The van der Waals surface area contributed by atoms with Gasteiger partial charge in [0.1, 0.15) is 0 Å². The molecule has 1 aromatic rings. The number of halogens is 1. The third-order valence-electron chi connectivity index (χ3n) is 4.35. The highest BCUT2D eigenvalue weighted by Gasteiger charge is 2.13. The number of nitrogens with zero attached hydrogens (tertiary/aromatic N) is 2. The molecule has 0 amide bonds. The summed E-state index contributed by atoms with van der Waals surface area (Å²) in [5, 5.41) is 4.15. The van der Waals surface area contributed by atoms with Crippen LogP contribution in [0.1, 0.15) is 24.8 Å². The van der Waals surface area contributed by atoms with Crippen LogP contribution in [-0.2, 0) is 16.0 Å². The minimum absolute atomic E-state index is 0.667. The quantitative estimate of drug-likeness (QED) is 0.435. The van der Waals surface area contributed by atoms with Crippen LogP contribution in [0.15, 0.2) is 29.3 Å². The van der Waals surface area contributed by atoms with Crippen molar-refractivity contribution in [2.24, 2.45) is 10.9 Å². The number of aliphatic imine (C=N–C) groups is 1. The first kappa shape index (κ1) is 20.0. The van der Waals surface area contributed by atoms with Crippen LogP contribution in [0.3, 0.4) is 0 Å². The Morgan fingerprint density at radius 3 is 2.72 bits per heavy atom. The van der Waals surface area contributed by atoms with Gasteiger partial charge in [-0.05, 0) is 42.9 Å². The van der Waals surface area contributed by atoms with Gasteiger partial charge in [0.25, 0.3) is 0 Å². The predicted molar refractivity (Wildman–Crippen MR) is 103 cm³/mol. The van der Waals surface area contributed by atoms with E-state index in [9.17, 15) is 0 Å².